The van der Waals surface area contributed by atoms with Gasteiger partial charge in [-0.15, -0.1) is 0 Å². The first-order chi connectivity index (χ1) is 24.3. The molecule has 0 atom stereocenters. The van der Waals surface area contributed by atoms with Crippen molar-refractivity contribution in [3.05, 3.63) is 170 Å². The van der Waals surface area contributed by atoms with E-state index in [1.165, 1.54) is 48.6 Å². The molecule has 228 valence electrons. The lowest BCUT2D eigenvalue weighted by atomic mass is 9.95. The maximum Gasteiger partial charge on any atom is 0.164 e. The summed E-state index contributed by atoms with van der Waals surface area (Å²) < 4.78 is 2.44. The highest BCUT2D eigenvalue weighted by Crippen LogP contribution is 2.44. The van der Waals surface area contributed by atoms with Crippen LogP contribution < -0.4 is 0 Å². The molecule has 0 N–H and O–H groups in total. The smallest absolute Gasteiger partial charge is 0.164 e. The molecule has 0 saturated carbocycles. The highest BCUT2D eigenvalue weighted by atomic mass is 15.0. The molecule has 49 heavy (non-hydrogen) atoms. The highest BCUT2D eigenvalue weighted by molar-refractivity contribution is 6.35. The summed E-state index contributed by atoms with van der Waals surface area (Å²) in [5.74, 6) is 1.93. The highest BCUT2D eigenvalue weighted by Gasteiger charge is 2.21. The Kier molecular flexibility index (Phi) is 6.15. The predicted octanol–water partition coefficient (Wildman–Crippen LogP) is 11.4. The van der Waals surface area contributed by atoms with Gasteiger partial charge < -0.3 is 4.57 Å². The molecule has 0 radical (unpaired) electrons. The van der Waals surface area contributed by atoms with E-state index in [1.807, 2.05) is 60.7 Å². The molecular formula is C45H28N4. The summed E-state index contributed by atoms with van der Waals surface area (Å²) in [5.41, 5.74) is 6.24. The third-order valence-electron chi connectivity index (χ3n) is 9.59. The minimum atomic E-state index is 0.635. The Morgan fingerprint density at radius 2 is 0.857 bits per heavy atom. The van der Waals surface area contributed by atoms with Crippen molar-refractivity contribution in [2.24, 2.45) is 0 Å². The van der Waals surface area contributed by atoms with Crippen LogP contribution in [0.4, 0.5) is 0 Å². The van der Waals surface area contributed by atoms with E-state index in [4.69, 9.17) is 15.0 Å². The lowest BCUT2D eigenvalue weighted by Crippen LogP contribution is -2.01. The number of hydrogen-bond donors (Lipinski definition) is 0. The van der Waals surface area contributed by atoms with Crippen LogP contribution in [-0.2, 0) is 0 Å². The Hall–Kier alpha value is -6.65. The molecule has 2 heterocycles. The average Bonchev–Trinajstić information content (AvgIpc) is 3.55. The van der Waals surface area contributed by atoms with Crippen molar-refractivity contribution in [3.8, 4) is 39.9 Å². The summed E-state index contributed by atoms with van der Waals surface area (Å²) in [6.45, 7) is 0. The second-order valence-corrected chi connectivity index (χ2v) is 12.4. The Labute approximate surface area is 282 Å². The van der Waals surface area contributed by atoms with Gasteiger partial charge in [-0.1, -0.05) is 152 Å². The van der Waals surface area contributed by atoms with Crippen molar-refractivity contribution in [2.45, 2.75) is 0 Å². The van der Waals surface area contributed by atoms with Crippen molar-refractivity contribution < 1.29 is 0 Å². The largest absolute Gasteiger partial charge is 0.309 e. The normalized spacial score (nSPS) is 11.7. The molecule has 0 aliphatic rings. The second-order valence-electron chi connectivity index (χ2n) is 12.4. The molecule has 0 aliphatic heterocycles. The molecule has 0 spiro atoms. The SMILES string of the molecule is c1ccc(-c2nc(-c3ccccc3)nc(-c3cccc(-n4c5ccc6ccccc6c5c5c6ccccc6c6ccccc6c54)c3)n2)cc1. The molecule has 10 aromatic rings. The summed E-state index contributed by atoms with van der Waals surface area (Å²) in [6.07, 6.45) is 0. The third kappa shape index (κ3) is 4.35. The minimum Gasteiger partial charge on any atom is -0.309 e. The second kappa shape index (κ2) is 11.0. The molecular weight excluding hydrogens is 597 g/mol. The van der Waals surface area contributed by atoms with Crippen LogP contribution in [0.25, 0.3) is 94.0 Å². The van der Waals surface area contributed by atoms with E-state index in [0.717, 1.165) is 27.9 Å². The van der Waals surface area contributed by atoms with Crippen LogP contribution in [0.5, 0.6) is 0 Å². The summed E-state index contributed by atoms with van der Waals surface area (Å²) in [7, 11) is 0. The molecule has 0 unspecified atom stereocenters. The fourth-order valence-corrected chi connectivity index (χ4v) is 7.43. The van der Waals surface area contributed by atoms with Gasteiger partial charge in [0.05, 0.1) is 11.0 Å². The topological polar surface area (TPSA) is 43.6 Å². The number of benzene rings is 8. The summed E-state index contributed by atoms with van der Waals surface area (Å²) in [4.78, 5) is 15.0. The molecule has 0 saturated heterocycles. The summed E-state index contributed by atoms with van der Waals surface area (Å²) in [5, 5.41) is 9.99. The first-order valence-corrected chi connectivity index (χ1v) is 16.5. The molecule has 0 fully saturated rings. The average molecular weight is 625 g/mol. The van der Waals surface area contributed by atoms with Crippen LogP contribution in [0.15, 0.2) is 170 Å². The Balaban J connectivity index is 1.29. The van der Waals surface area contributed by atoms with E-state index in [-0.39, 0.29) is 0 Å². The predicted molar refractivity (Wildman–Crippen MR) is 203 cm³/mol. The fraction of sp³-hybridized carbons (Fsp3) is 0. The number of aromatic nitrogens is 4. The standard InChI is InChI=1S/C45H28N4/c1-3-15-30(16-4-1)43-46-44(31-17-5-2-6-18-31)48-45(47-43)32-19-13-20-33(28-32)49-39-27-26-29-14-7-8-21-34(29)40(39)41-37-24-11-9-22-35(37)36-23-10-12-25-38(36)42(41)49/h1-28H. The lowest BCUT2D eigenvalue weighted by Gasteiger charge is -2.13. The number of rotatable bonds is 4. The molecule has 8 aromatic carbocycles. The molecule has 4 heteroatoms. The van der Waals surface area contributed by atoms with Crippen molar-refractivity contribution in [3.63, 3.8) is 0 Å². The van der Waals surface area contributed by atoms with Gasteiger partial charge in [-0.05, 0) is 45.1 Å². The Morgan fingerprint density at radius 1 is 0.347 bits per heavy atom. The maximum absolute atomic E-state index is 5.05. The van der Waals surface area contributed by atoms with E-state index in [2.05, 4.69) is 114 Å². The third-order valence-corrected chi connectivity index (χ3v) is 9.59. The van der Waals surface area contributed by atoms with Gasteiger partial charge >= 0.3 is 0 Å². The summed E-state index contributed by atoms with van der Waals surface area (Å²) in [6, 6.07) is 59.7. The van der Waals surface area contributed by atoms with Crippen LogP contribution in [-0.4, -0.2) is 19.5 Å². The first-order valence-electron chi connectivity index (χ1n) is 16.5. The van der Waals surface area contributed by atoms with Crippen LogP contribution in [0.2, 0.25) is 0 Å². The zero-order valence-electron chi connectivity index (χ0n) is 26.5. The molecule has 4 nitrogen and oxygen atoms in total. The Morgan fingerprint density at radius 3 is 1.53 bits per heavy atom. The minimum absolute atomic E-state index is 0.635. The maximum atomic E-state index is 5.05. The van der Waals surface area contributed by atoms with Crippen molar-refractivity contribution in [1.82, 2.24) is 19.5 Å². The van der Waals surface area contributed by atoms with Gasteiger partial charge in [-0.25, -0.2) is 15.0 Å². The lowest BCUT2D eigenvalue weighted by molar-refractivity contribution is 1.07. The van der Waals surface area contributed by atoms with Crippen LogP contribution in [0.3, 0.4) is 0 Å². The number of nitrogens with zero attached hydrogens (tertiary/aromatic N) is 4. The van der Waals surface area contributed by atoms with E-state index >= 15 is 0 Å². The van der Waals surface area contributed by atoms with Crippen LogP contribution >= 0.6 is 0 Å². The van der Waals surface area contributed by atoms with E-state index in [1.54, 1.807) is 0 Å². The van der Waals surface area contributed by atoms with Crippen molar-refractivity contribution >= 4 is 54.1 Å². The molecule has 0 amide bonds. The fourth-order valence-electron chi connectivity index (χ4n) is 7.43. The van der Waals surface area contributed by atoms with Gasteiger partial charge in [0.2, 0.25) is 0 Å². The van der Waals surface area contributed by atoms with Gasteiger partial charge in [-0.2, -0.15) is 0 Å². The Bertz CT molecular complexity index is 2820. The van der Waals surface area contributed by atoms with Crippen molar-refractivity contribution in [2.75, 3.05) is 0 Å². The van der Waals surface area contributed by atoms with Gasteiger partial charge in [-0.3, -0.25) is 0 Å². The van der Waals surface area contributed by atoms with Gasteiger partial charge in [0.25, 0.3) is 0 Å². The van der Waals surface area contributed by atoms with E-state index < -0.39 is 0 Å². The summed E-state index contributed by atoms with van der Waals surface area (Å²) >= 11 is 0. The first kappa shape index (κ1) is 27.5. The molecule has 10 rings (SSSR count). The van der Waals surface area contributed by atoms with Crippen LogP contribution in [0.1, 0.15) is 0 Å². The molecule has 0 aliphatic carbocycles. The van der Waals surface area contributed by atoms with Crippen LogP contribution in [0, 0.1) is 0 Å². The van der Waals surface area contributed by atoms with Gasteiger partial charge in [0, 0.05) is 38.5 Å². The quantitative estimate of drug-likeness (QED) is 0.183. The van der Waals surface area contributed by atoms with E-state index in [9.17, 15) is 0 Å². The molecule has 2 aromatic heterocycles. The number of fused-ring (bicyclic) bond motifs is 10. The van der Waals surface area contributed by atoms with Gasteiger partial charge in [0.15, 0.2) is 17.5 Å². The zero-order chi connectivity index (χ0) is 32.3. The zero-order valence-corrected chi connectivity index (χ0v) is 26.5. The molecule has 0 bridgehead atoms. The van der Waals surface area contributed by atoms with Crippen molar-refractivity contribution in [1.29, 1.82) is 0 Å². The van der Waals surface area contributed by atoms with E-state index in [0.29, 0.717) is 17.5 Å². The number of hydrogen-bond acceptors (Lipinski definition) is 3. The van der Waals surface area contributed by atoms with Gasteiger partial charge in [0.1, 0.15) is 0 Å². The monoisotopic (exact) mass is 624 g/mol.